The Hall–Kier alpha value is -1.92. The van der Waals surface area contributed by atoms with Crippen molar-refractivity contribution >= 4 is 16.0 Å². The maximum absolute atomic E-state index is 12.7. The third-order valence-corrected chi connectivity index (χ3v) is 7.25. The summed E-state index contributed by atoms with van der Waals surface area (Å²) >= 11 is 0. The number of sulfonamides is 1. The summed E-state index contributed by atoms with van der Waals surface area (Å²) in [5, 5.41) is 6.94. The SMILES string of the molecule is O=C(O)C(F)(F)F.O=S(=O)(C1CC1)N1C[C@@H](Oc2cccnc2)[C@H]2OCCC[C@H]21. The van der Waals surface area contributed by atoms with E-state index in [2.05, 4.69) is 4.98 Å². The average molecular weight is 438 g/mol. The lowest BCUT2D eigenvalue weighted by molar-refractivity contribution is -0.192. The molecule has 0 amide bonds. The van der Waals surface area contributed by atoms with Gasteiger partial charge in [-0.15, -0.1) is 0 Å². The number of carboxylic acids is 1. The van der Waals surface area contributed by atoms with Gasteiger partial charge in [0.1, 0.15) is 18.0 Å². The zero-order chi connectivity index (χ0) is 21.2. The van der Waals surface area contributed by atoms with Crippen LogP contribution >= 0.6 is 0 Å². The third kappa shape index (κ3) is 5.17. The molecule has 3 heterocycles. The van der Waals surface area contributed by atoms with E-state index in [1.54, 1.807) is 16.7 Å². The Morgan fingerprint density at radius 2 is 2.00 bits per heavy atom. The molecule has 0 radical (unpaired) electrons. The van der Waals surface area contributed by atoms with E-state index >= 15 is 0 Å². The molecule has 1 aromatic rings. The first-order valence-corrected chi connectivity index (χ1v) is 10.6. The second-order valence-corrected chi connectivity index (χ2v) is 9.17. The molecule has 0 spiro atoms. The number of pyridine rings is 1. The van der Waals surface area contributed by atoms with Crippen LogP contribution in [0.3, 0.4) is 0 Å². The quantitative estimate of drug-likeness (QED) is 0.764. The van der Waals surface area contributed by atoms with E-state index in [4.69, 9.17) is 19.4 Å². The van der Waals surface area contributed by atoms with Gasteiger partial charge >= 0.3 is 12.1 Å². The summed E-state index contributed by atoms with van der Waals surface area (Å²) < 4.78 is 70.5. The fraction of sp³-hybridized carbons (Fsp3) is 0.647. The molecular formula is C17H21F3N2O6S. The molecular weight excluding hydrogens is 417 g/mol. The second kappa shape index (κ2) is 8.44. The van der Waals surface area contributed by atoms with Gasteiger partial charge < -0.3 is 14.6 Å². The predicted octanol–water partition coefficient (Wildman–Crippen LogP) is 1.82. The van der Waals surface area contributed by atoms with Crippen LogP contribution in [0.2, 0.25) is 0 Å². The maximum Gasteiger partial charge on any atom is 0.490 e. The van der Waals surface area contributed by atoms with Crippen molar-refractivity contribution in [2.45, 2.75) is 55.4 Å². The van der Waals surface area contributed by atoms with Crippen LogP contribution < -0.4 is 4.74 Å². The van der Waals surface area contributed by atoms with Crippen LogP contribution in [-0.4, -0.2) is 71.6 Å². The molecule has 3 aliphatic rings. The topological polar surface area (TPSA) is 106 Å². The predicted molar refractivity (Wildman–Crippen MR) is 93.8 cm³/mol. The Morgan fingerprint density at radius 3 is 2.55 bits per heavy atom. The number of hydrogen-bond donors (Lipinski definition) is 1. The zero-order valence-corrected chi connectivity index (χ0v) is 16.1. The molecule has 1 saturated carbocycles. The van der Waals surface area contributed by atoms with E-state index in [-0.39, 0.29) is 23.5 Å². The zero-order valence-electron chi connectivity index (χ0n) is 15.3. The molecule has 8 nitrogen and oxygen atoms in total. The Bertz CT molecular complexity index is 816. The fourth-order valence-corrected chi connectivity index (χ4v) is 5.49. The first-order valence-electron chi connectivity index (χ1n) is 9.09. The molecule has 3 atom stereocenters. The molecule has 29 heavy (non-hydrogen) atoms. The molecule has 162 valence electrons. The number of carbonyl (C=O) groups is 1. The van der Waals surface area contributed by atoms with Crippen LogP contribution in [0.5, 0.6) is 5.75 Å². The summed E-state index contributed by atoms with van der Waals surface area (Å²) in [6.07, 6.45) is 1.13. The van der Waals surface area contributed by atoms with E-state index in [9.17, 15) is 21.6 Å². The molecule has 4 rings (SSSR count). The number of aromatic nitrogens is 1. The number of fused-ring (bicyclic) bond motifs is 1. The number of ether oxygens (including phenoxy) is 2. The number of aliphatic carboxylic acids is 1. The molecule has 0 unspecified atom stereocenters. The van der Waals surface area contributed by atoms with E-state index in [0.717, 1.165) is 25.7 Å². The van der Waals surface area contributed by atoms with Gasteiger partial charge in [-0.2, -0.15) is 17.5 Å². The Morgan fingerprint density at radius 1 is 1.31 bits per heavy atom. The first-order chi connectivity index (χ1) is 13.6. The van der Waals surface area contributed by atoms with Crippen LogP contribution in [0, 0.1) is 0 Å². The molecule has 0 aromatic carbocycles. The van der Waals surface area contributed by atoms with Gasteiger partial charge in [-0.05, 0) is 37.8 Å². The van der Waals surface area contributed by atoms with Crippen molar-refractivity contribution in [1.82, 2.24) is 9.29 Å². The van der Waals surface area contributed by atoms with Gasteiger partial charge in [0.2, 0.25) is 10.0 Å². The van der Waals surface area contributed by atoms with Crippen molar-refractivity contribution in [1.29, 1.82) is 0 Å². The molecule has 2 aliphatic heterocycles. The van der Waals surface area contributed by atoms with E-state index in [1.807, 2.05) is 12.1 Å². The highest BCUT2D eigenvalue weighted by Crippen LogP contribution is 2.39. The molecule has 1 aliphatic carbocycles. The minimum atomic E-state index is -5.08. The van der Waals surface area contributed by atoms with Crippen molar-refractivity contribution in [3.8, 4) is 5.75 Å². The lowest BCUT2D eigenvalue weighted by atomic mass is 10.0. The smallest absolute Gasteiger partial charge is 0.485 e. The number of nitrogens with zero attached hydrogens (tertiary/aromatic N) is 2. The molecule has 1 N–H and O–H groups in total. The standard InChI is InChI=1S/C15H20N2O4S.C2HF3O2/c18-22(19,12-5-6-12)17-10-14(15-13(17)4-2-8-20-15)21-11-3-1-7-16-9-11;3-2(4,5)1(6)7/h1,3,7,9,12-15H,2,4-6,8,10H2;(H,6,7)/t13-,14-,15+;/m1./s1. The summed E-state index contributed by atoms with van der Waals surface area (Å²) in [5.41, 5.74) is 0. The first kappa shape index (κ1) is 21.8. The third-order valence-electron chi connectivity index (χ3n) is 4.87. The monoisotopic (exact) mass is 438 g/mol. The van der Waals surface area contributed by atoms with Gasteiger partial charge in [0.15, 0.2) is 0 Å². The van der Waals surface area contributed by atoms with Crippen molar-refractivity contribution in [2.75, 3.05) is 13.2 Å². The molecule has 12 heteroatoms. The van der Waals surface area contributed by atoms with E-state index < -0.39 is 22.2 Å². The number of alkyl halides is 3. The van der Waals surface area contributed by atoms with Crippen LogP contribution in [0.15, 0.2) is 24.5 Å². The van der Waals surface area contributed by atoms with Gasteiger partial charge in [0.25, 0.3) is 0 Å². The summed E-state index contributed by atoms with van der Waals surface area (Å²) in [4.78, 5) is 12.9. The molecule has 3 fully saturated rings. The van der Waals surface area contributed by atoms with Crippen molar-refractivity contribution < 1.29 is 41.0 Å². The van der Waals surface area contributed by atoms with E-state index in [1.165, 1.54) is 0 Å². The lowest BCUT2D eigenvalue weighted by Crippen LogP contribution is -2.45. The number of halogens is 3. The Labute approximate surface area is 165 Å². The normalized spacial score (nSPS) is 27.5. The summed E-state index contributed by atoms with van der Waals surface area (Å²) in [7, 11) is -3.20. The number of hydrogen-bond acceptors (Lipinski definition) is 6. The minimum absolute atomic E-state index is 0.0824. The van der Waals surface area contributed by atoms with Crippen molar-refractivity contribution in [3.05, 3.63) is 24.5 Å². The summed E-state index contributed by atoms with van der Waals surface area (Å²) in [5.74, 6) is -2.10. The number of carboxylic acid groups (broad SMARTS) is 1. The van der Waals surface area contributed by atoms with Gasteiger partial charge in [-0.1, -0.05) is 0 Å². The maximum atomic E-state index is 12.7. The highest BCUT2D eigenvalue weighted by molar-refractivity contribution is 7.90. The van der Waals surface area contributed by atoms with Gasteiger partial charge in [0.05, 0.1) is 24.0 Å². The number of rotatable bonds is 4. The van der Waals surface area contributed by atoms with Crippen LogP contribution in [-0.2, 0) is 19.6 Å². The molecule has 2 saturated heterocycles. The van der Waals surface area contributed by atoms with Gasteiger partial charge in [0, 0.05) is 12.8 Å². The average Bonchev–Trinajstić information content (AvgIpc) is 3.46. The largest absolute Gasteiger partial charge is 0.490 e. The molecule has 0 bridgehead atoms. The minimum Gasteiger partial charge on any atom is -0.485 e. The second-order valence-electron chi connectivity index (χ2n) is 7.01. The van der Waals surface area contributed by atoms with Gasteiger partial charge in [-0.3, -0.25) is 4.98 Å². The lowest BCUT2D eigenvalue weighted by Gasteiger charge is -2.31. The van der Waals surface area contributed by atoms with Crippen molar-refractivity contribution in [3.63, 3.8) is 0 Å². The molecule has 1 aromatic heterocycles. The van der Waals surface area contributed by atoms with Crippen LogP contribution in [0.25, 0.3) is 0 Å². The highest BCUT2D eigenvalue weighted by atomic mass is 32.2. The van der Waals surface area contributed by atoms with E-state index in [0.29, 0.717) is 18.9 Å². The van der Waals surface area contributed by atoms with Gasteiger partial charge in [-0.25, -0.2) is 13.2 Å². The van der Waals surface area contributed by atoms with Crippen LogP contribution in [0.4, 0.5) is 13.2 Å². The summed E-state index contributed by atoms with van der Waals surface area (Å²) in [6, 6.07) is 3.56. The summed E-state index contributed by atoms with van der Waals surface area (Å²) in [6.45, 7) is 1.05. The highest BCUT2D eigenvalue weighted by Gasteiger charge is 2.53. The Balaban J connectivity index is 0.000000298. The van der Waals surface area contributed by atoms with Crippen molar-refractivity contribution in [2.24, 2.45) is 0 Å². The van der Waals surface area contributed by atoms with Crippen LogP contribution in [0.1, 0.15) is 25.7 Å². The Kier molecular flexibility index (Phi) is 6.34. The fourth-order valence-electron chi connectivity index (χ4n) is 3.41.